The molecule has 1 heterocycles. The molecule has 2 aromatic rings. The molecule has 36 heavy (non-hydrogen) atoms. The number of carbonyl (C=O) groups excluding carboxylic acids is 2. The minimum Gasteiger partial charge on any atom is -0.503 e. The number of esters is 2. The van der Waals surface area contributed by atoms with Gasteiger partial charge in [0.1, 0.15) is 13.1 Å². The Morgan fingerprint density at radius 1 is 0.972 bits per heavy atom. The number of nitrogens with zero attached hydrogens (tertiary/aromatic N) is 1. The Morgan fingerprint density at radius 2 is 1.39 bits per heavy atom. The number of ether oxygens (including phenoxy) is 3. The van der Waals surface area contributed by atoms with Gasteiger partial charge < -0.3 is 24.4 Å². The molecule has 0 saturated heterocycles. The summed E-state index contributed by atoms with van der Waals surface area (Å²) in [7, 11) is 2.05. The van der Waals surface area contributed by atoms with Crippen molar-refractivity contribution < 1.29 is 56.4 Å². The highest BCUT2D eigenvalue weighted by Gasteiger charge is 2.51. The van der Waals surface area contributed by atoms with Gasteiger partial charge >= 0.3 is 11.9 Å². The van der Waals surface area contributed by atoms with E-state index < -0.39 is 88.0 Å². The van der Waals surface area contributed by atoms with Crippen LogP contribution in [0.1, 0.15) is 11.1 Å². The lowest BCUT2D eigenvalue weighted by Gasteiger charge is -2.42. The normalized spacial score (nSPS) is 13.3. The van der Waals surface area contributed by atoms with Gasteiger partial charge in [0.25, 0.3) is 0 Å². The molecule has 2 N–H and O–H groups in total. The molecule has 0 unspecified atom stereocenters. The van der Waals surface area contributed by atoms with E-state index in [0.717, 1.165) is 20.3 Å². The van der Waals surface area contributed by atoms with Crippen LogP contribution in [0.4, 0.5) is 17.6 Å². The van der Waals surface area contributed by atoms with E-state index >= 15 is 0 Å². The summed E-state index contributed by atoms with van der Waals surface area (Å²) in [6.07, 6.45) is 1.01. The zero-order chi connectivity index (χ0) is 26.9. The van der Waals surface area contributed by atoms with Crippen molar-refractivity contribution in [1.82, 2.24) is 5.06 Å². The highest BCUT2D eigenvalue weighted by atomic mass is 19.1. The third-order valence-corrected chi connectivity index (χ3v) is 5.29. The smallest absolute Gasteiger partial charge is 0.322 e. The monoisotopic (exact) mass is 513 g/mol. The van der Waals surface area contributed by atoms with Gasteiger partial charge in [-0.1, -0.05) is 19.2 Å². The van der Waals surface area contributed by atoms with Gasteiger partial charge in [0, 0.05) is 11.1 Å². The Bertz CT molecular complexity index is 1200. The van der Waals surface area contributed by atoms with Crippen LogP contribution >= 0.6 is 0 Å². The summed E-state index contributed by atoms with van der Waals surface area (Å²) in [6.45, 7) is 5.66. The van der Waals surface area contributed by atoms with E-state index in [9.17, 15) is 37.4 Å². The maximum Gasteiger partial charge on any atom is 0.322 e. The predicted molar refractivity (Wildman–Crippen MR) is 113 cm³/mol. The van der Waals surface area contributed by atoms with Gasteiger partial charge in [0.05, 0.1) is 14.2 Å². The predicted octanol–water partition coefficient (Wildman–Crippen LogP) is 3.33. The Morgan fingerprint density at radius 3 is 1.75 bits per heavy atom. The molecule has 0 aliphatic carbocycles. The fourth-order valence-electron chi connectivity index (χ4n) is 3.53. The summed E-state index contributed by atoms with van der Waals surface area (Å²) in [4.78, 5) is 29.9. The number of fused-ring (bicyclic) bond motifs is 2. The third kappa shape index (κ3) is 4.22. The van der Waals surface area contributed by atoms with Crippen molar-refractivity contribution >= 4 is 11.9 Å². The lowest BCUT2D eigenvalue weighted by molar-refractivity contribution is -0.230. The zero-order valence-electron chi connectivity index (χ0n) is 18.9. The average Bonchev–Trinajstić information content (AvgIpc) is 2.86. The molecule has 192 valence electrons. The first-order chi connectivity index (χ1) is 16.9. The standard InChI is InChI=1S/C23H19F4NO8/c1-5-10(2)23(36-28(8-15(29)33-3)9-16(30)34-4)11-6-13(24)19(31)17(26)21(11)35-22-12(23)7-14(25)20(32)18(22)27/h5-7,31-32H,1-2,8-9H2,3-4H3. The summed E-state index contributed by atoms with van der Waals surface area (Å²) in [5, 5.41) is 20.2. The van der Waals surface area contributed by atoms with Gasteiger partial charge in [-0.05, 0) is 17.7 Å². The second kappa shape index (κ2) is 9.87. The Balaban J connectivity index is 2.43. The molecule has 0 aromatic heterocycles. The SMILES string of the molecule is C=CC(=C)C1(ON(CC(=O)OC)CC(=O)OC)c2cc(F)c(O)c(F)c2Oc2c1cc(F)c(O)c2F. The fraction of sp³-hybridized carbons (Fsp3) is 0.217. The minimum absolute atomic E-state index is 0.304. The van der Waals surface area contributed by atoms with E-state index in [1.807, 2.05) is 0 Å². The number of hydrogen-bond acceptors (Lipinski definition) is 9. The molecule has 0 fully saturated rings. The van der Waals surface area contributed by atoms with Gasteiger partial charge in [-0.15, -0.1) is 0 Å². The molecule has 0 spiro atoms. The minimum atomic E-state index is -2.52. The van der Waals surface area contributed by atoms with Crippen molar-refractivity contribution in [3.63, 3.8) is 0 Å². The van der Waals surface area contributed by atoms with Crippen molar-refractivity contribution in [3.05, 3.63) is 71.3 Å². The Labute approximate surface area is 201 Å². The van der Waals surface area contributed by atoms with Gasteiger partial charge in [-0.3, -0.25) is 14.4 Å². The van der Waals surface area contributed by atoms with Gasteiger partial charge in [0.2, 0.25) is 11.6 Å². The average molecular weight is 513 g/mol. The van der Waals surface area contributed by atoms with Crippen LogP contribution in [0.5, 0.6) is 23.0 Å². The number of rotatable bonds is 8. The van der Waals surface area contributed by atoms with E-state index in [4.69, 9.17) is 9.57 Å². The second-order valence-electron chi connectivity index (χ2n) is 7.35. The molecule has 3 rings (SSSR count). The van der Waals surface area contributed by atoms with Gasteiger partial charge in [-0.2, -0.15) is 13.8 Å². The van der Waals surface area contributed by atoms with Crippen molar-refractivity contribution in [2.45, 2.75) is 5.60 Å². The van der Waals surface area contributed by atoms with Crippen molar-refractivity contribution in [3.8, 4) is 23.0 Å². The summed E-state index contributed by atoms with van der Waals surface area (Å²) in [6, 6.07) is 1.09. The van der Waals surface area contributed by atoms with Crippen molar-refractivity contribution in [2.24, 2.45) is 0 Å². The lowest BCUT2D eigenvalue weighted by Crippen LogP contribution is -2.46. The topological polar surface area (TPSA) is 115 Å². The van der Waals surface area contributed by atoms with Gasteiger partial charge in [0.15, 0.2) is 40.2 Å². The number of methoxy groups -OCH3 is 2. The maximum absolute atomic E-state index is 15.0. The quantitative estimate of drug-likeness (QED) is 0.237. The molecule has 13 heteroatoms. The number of halogens is 4. The van der Waals surface area contributed by atoms with E-state index in [0.29, 0.717) is 17.2 Å². The zero-order valence-corrected chi connectivity index (χ0v) is 18.9. The van der Waals surface area contributed by atoms with E-state index in [1.165, 1.54) is 0 Å². The fourth-order valence-corrected chi connectivity index (χ4v) is 3.53. The van der Waals surface area contributed by atoms with Crippen LogP contribution in [-0.4, -0.2) is 54.5 Å². The first kappa shape index (κ1) is 26.5. The summed E-state index contributed by atoms with van der Waals surface area (Å²) < 4.78 is 73.4. The van der Waals surface area contributed by atoms with E-state index in [1.54, 1.807) is 0 Å². The van der Waals surface area contributed by atoms with Crippen LogP contribution in [-0.2, 0) is 29.5 Å². The first-order valence-electron chi connectivity index (χ1n) is 9.93. The first-order valence-corrected chi connectivity index (χ1v) is 9.93. The van der Waals surface area contributed by atoms with Crippen LogP contribution in [0.25, 0.3) is 0 Å². The maximum atomic E-state index is 15.0. The second-order valence-corrected chi connectivity index (χ2v) is 7.35. The van der Waals surface area contributed by atoms with Crippen LogP contribution < -0.4 is 4.74 Å². The third-order valence-electron chi connectivity index (χ3n) is 5.29. The number of phenols is 2. The van der Waals surface area contributed by atoms with Gasteiger partial charge in [-0.25, -0.2) is 8.78 Å². The molecule has 0 radical (unpaired) electrons. The molecule has 2 aromatic carbocycles. The van der Waals surface area contributed by atoms with E-state index in [-0.39, 0.29) is 5.57 Å². The molecule has 0 bridgehead atoms. The van der Waals surface area contributed by atoms with E-state index in [2.05, 4.69) is 22.6 Å². The van der Waals surface area contributed by atoms with Crippen LogP contribution in [0.3, 0.4) is 0 Å². The summed E-state index contributed by atoms with van der Waals surface area (Å²) in [5.41, 5.74) is -4.05. The van der Waals surface area contributed by atoms with Crippen molar-refractivity contribution in [1.29, 1.82) is 0 Å². The van der Waals surface area contributed by atoms with Crippen LogP contribution in [0, 0.1) is 23.3 Å². The molecule has 0 atom stereocenters. The molecule has 1 aliphatic rings. The highest BCUT2D eigenvalue weighted by molar-refractivity contribution is 5.74. The largest absolute Gasteiger partial charge is 0.503 e. The number of carbonyl (C=O) groups is 2. The molecule has 9 nitrogen and oxygen atoms in total. The number of hydrogen-bond donors (Lipinski definition) is 2. The number of aromatic hydroxyl groups is 2. The molecular weight excluding hydrogens is 494 g/mol. The van der Waals surface area contributed by atoms with Crippen LogP contribution in [0.15, 0.2) is 36.9 Å². The molecule has 0 amide bonds. The number of benzene rings is 2. The summed E-state index contributed by atoms with van der Waals surface area (Å²) >= 11 is 0. The van der Waals surface area contributed by atoms with Crippen molar-refractivity contribution in [2.75, 3.05) is 27.3 Å². The molecule has 1 aliphatic heterocycles. The molecular formula is C23H19F4NO8. The highest BCUT2D eigenvalue weighted by Crippen LogP contribution is 2.56. The Kier molecular flexibility index (Phi) is 7.27. The van der Waals surface area contributed by atoms with Crippen LogP contribution in [0.2, 0.25) is 0 Å². The Hall–Kier alpha value is -4.10. The number of phenolic OH excluding ortho intramolecular Hbond substituents is 2. The summed E-state index contributed by atoms with van der Waals surface area (Å²) in [5.74, 6) is -13.3. The number of hydroxylamine groups is 2. The molecule has 0 saturated carbocycles. The lowest BCUT2D eigenvalue weighted by atomic mass is 9.77.